The lowest BCUT2D eigenvalue weighted by Gasteiger charge is -2.22. The van der Waals surface area contributed by atoms with E-state index in [0.717, 1.165) is 0 Å². The van der Waals surface area contributed by atoms with Crippen LogP contribution in [0.25, 0.3) is 0 Å². The van der Waals surface area contributed by atoms with Crippen LogP contribution in [-0.4, -0.2) is 29.1 Å². The van der Waals surface area contributed by atoms with Gasteiger partial charge in [0.1, 0.15) is 6.04 Å². The van der Waals surface area contributed by atoms with Gasteiger partial charge in [-0.1, -0.05) is 0 Å². The second-order valence-electron chi connectivity index (χ2n) is 2.93. The number of likely N-dealkylation sites (N-methyl/N-ethyl adjacent to an activating group) is 1. The maximum Gasteiger partial charge on any atom is 0.326 e. The van der Waals surface area contributed by atoms with Gasteiger partial charge in [-0.2, -0.15) is 0 Å². The van der Waals surface area contributed by atoms with Gasteiger partial charge in [0.05, 0.1) is 0 Å². The minimum Gasteiger partial charge on any atom is -0.480 e. The van der Waals surface area contributed by atoms with Crippen molar-refractivity contribution in [1.82, 2.24) is 4.98 Å². The highest BCUT2D eigenvalue weighted by atomic mass is 19.1. The number of halogens is 1. The second kappa shape index (κ2) is 4.04. The number of carboxylic acids is 1. The molecule has 0 amide bonds. The number of carboxylic acid groups (broad SMARTS) is 1. The number of pyridine rings is 1. The quantitative estimate of drug-likeness (QED) is 0.791. The van der Waals surface area contributed by atoms with E-state index in [1.54, 1.807) is 0 Å². The molecule has 1 atom stereocenters. The molecule has 0 saturated heterocycles. The molecule has 0 saturated carbocycles. The summed E-state index contributed by atoms with van der Waals surface area (Å²) in [5.41, 5.74) is 0. The first-order valence-corrected chi connectivity index (χ1v) is 4.10. The van der Waals surface area contributed by atoms with Gasteiger partial charge in [-0.3, -0.25) is 0 Å². The minimum absolute atomic E-state index is 0.0439. The van der Waals surface area contributed by atoms with E-state index in [4.69, 9.17) is 5.11 Å². The molecule has 4 nitrogen and oxygen atoms in total. The standard InChI is InChI=1S/C9H11FN2O2/c1-6(9(13)14)12(2)8-7(10)4-3-5-11-8/h3-6H,1-2H3,(H,13,14). The monoisotopic (exact) mass is 198 g/mol. The molecular weight excluding hydrogens is 187 g/mol. The van der Waals surface area contributed by atoms with Crippen molar-refractivity contribution < 1.29 is 14.3 Å². The maximum absolute atomic E-state index is 13.2. The highest BCUT2D eigenvalue weighted by Gasteiger charge is 2.20. The van der Waals surface area contributed by atoms with E-state index in [-0.39, 0.29) is 5.82 Å². The summed E-state index contributed by atoms with van der Waals surface area (Å²) in [6.07, 6.45) is 1.42. The third-order valence-corrected chi connectivity index (χ3v) is 2.01. The van der Waals surface area contributed by atoms with E-state index in [9.17, 15) is 9.18 Å². The lowest BCUT2D eigenvalue weighted by molar-refractivity contribution is -0.138. The van der Waals surface area contributed by atoms with Gasteiger partial charge in [-0.25, -0.2) is 14.2 Å². The predicted octanol–water partition coefficient (Wildman–Crippen LogP) is 1.13. The Labute approximate surface area is 81.0 Å². The molecule has 1 N–H and O–H groups in total. The van der Waals surface area contributed by atoms with Crippen LogP contribution in [0, 0.1) is 5.82 Å². The van der Waals surface area contributed by atoms with Crippen LogP contribution < -0.4 is 4.90 Å². The van der Waals surface area contributed by atoms with Crippen LogP contribution in [0.3, 0.4) is 0 Å². The summed E-state index contributed by atoms with van der Waals surface area (Å²) in [7, 11) is 1.49. The zero-order valence-corrected chi connectivity index (χ0v) is 7.94. The summed E-state index contributed by atoms with van der Waals surface area (Å²) in [4.78, 5) is 15.7. The van der Waals surface area contributed by atoms with Crippen molar-refractivity contribution in [3.63, 3.8) is 0 Å². The van der Waals surface area contributed by atoms with E-state index in [1.807, 2.05) is 0 Å². The van der Waals surface area contributed by atoms with Gasteiger partial charge < -0.3 is 10.0 Å². The molecule has 0 aliphatic heterocycles. The van der Waals surface area contributed by atoms with Gasteiger partial charge in [0.15, 0.2) is 11.6 Å². The zero-order valence-electron chi connectivity index (χ0n) is 7.94. The Hall–Kier alpha value is -1.65. The predicted molar refractivity (Wildman–Crippen MR) is 49.7 cm³/mol. The summed E-state index contributed by atoms with van der Waals surface area (Å²) in [5, 5.41) is 8.71. The average Bonchev–Trinajstić information content (AvgIpc) is 2.16. The first kappa shape index (κ1) is 10.4. The molecule has 14 heavy (non-hydrogen) atoms. The first-order valence-electron chi connectivity index (χ1n) is 4.10. The Balaban J connectivity index is 2.94. The fourth-order valence-electron chi connectivity index (χ4n) is 0.986. The molecule has 0 aliphatic rings. The van der Waals surface area contributed by atoms with Gasteiger partial charge in [-0.05, 0) is 19.1 Å². The van der Waals surface area contributed by atoms with Crippen molar-refractivity contribution in [3.05, 3.63) is 24.1 Å². The van der Waals surface area contributed by atoms with Crippen LogP contribution in [0.15, 0.2) is 18.3 Å². The highest BCUT2D eigenvalue weighted by molar-refractivity contribution is 5.76. The van der Waals surface area contributed by atoms with E-state index in [2.05, 4.69) is 4.98 Å². The van der Waals surface area contributed by atoms with Gasteiger partial charge in [-0.15, -0.1) is 0 Å². The van der Waals surface area contributed by atoms with Gasteiger partial charge in [0.25, 0.3) is 0 Å². The Morgan fingerprint density at radius 3 is 2.86 bits per heavy atom. The third kappa shape index (κ3) is 1.99. The van der Waals surface area contributed by atoms with Crippen LogP contribution in [0.1, 0.15) is 6.92 Å². The molecule has 0 radical (unpaired) electrons. The number of nitrogens with zero attached hydrogens (tertiary/aromatic N) is 2. The lowest BCUT2D eigenvalue weighted by atomic mass is 10.3. The van der Waals surface area contributed by atoms with Gasteiger partial charge >= 0.3 is 5.97 Å². The fourth-order valence-corrected chi connectivity index (χ4v) is 0.986. The number of carbonyl (C=O) groups is 1. The molecule has 1 unspecified atom stereocenters. The Bertz CT molecular complexity index is 343. The molecule has 5 heteroatoms. The van der Waals surface area contributed by atoms with Crippen molar-refractivity contribution in [1.29, 1.82) is 0 Å². The molecular formula is C9H11FN2O2. The maximum atomic E-state index is 13.2. The van der Waals surface area contributed by atoms with Crippen LogP contribution in [-0.2, 0) is 4.79 Å². The SMILES string of the molecule is CC(C(=O)O)N(C)c1ncccc1F. The molecule has 0 aliphatic carbocycles. The average molecular weight is 198 g/mol. The van der Waals surface area contributed by atoms with Crippen molar-refractivity contribution in [2.24, 2.45) is 0 Å². The van der Waals surface area contributed by atoms with Crippen molar-refractivity contribution in [3.8, 4) is 0 Å². The molecule has 1 aromatic rings. The van der Waals surface area contributed by atoms with Crippen LogP contribution in [0.2, 0.25) is 0 Å². The Kier molecular flexibility index (Phi) is 3.01. The molecule has 0 aromatic carbocycles. The summed E-state index contributed by atoms with van der Waals surface area (Å²) in [6, 6.07) is 1.89. The highest BCUT2D eigenvalue weighted by Crippen LogP contribution is 2.15. The summed E-state index contributed by atoms with van der Waals surface area (Å²) >= 11 is 0. The van der Waals surface area contributed by atoms with E-state index < -0.39 is 17.8 Å². The van der Waals surface area contributed by atoms with Crippen LogP contribution in [0.4, 0.5) is 10.2 Å². The van der Waals surface area contributed by atoms with Crippen molar-refractivity contribution in [2.75, 3.05) is 11.9 Å². The molecule has 0 fully saturated rings. The summed E-state index contributed by atoms with van der Waals surface area (Å²) in [5.74, 6) is -1.50. The normalized spacial score (nSPS) is 12.2. The number of rotatable bonds is 3. The van der Waals surface area contributed by atoms with E-state index in [0.29, 0.717) is 0 Å². The lowest BCUT2D eigenvalue weighted by Crippen LogP contribution is -2.36. The number of hydrogen-bond donors (Lipinski definition) is 1. The molecule has 0 bridgehead atoms. The number of aromatic nitrogens is 1. The van der Waals surface area contributed by atoms with Crippen molar-refractivity contribution >= 4 is 11.8 Å². The Morgan fingerprint density at radius 1 is 1.71 bits per heavy atom. The first-order chi connectivity index (χ1) is 6.54. The minimum atomic E-state index is -1.02. The number of anilines is 1. The molecule has 76 valence electrons. The number of hydrogen-bond acceptors (Lipinski definition) is 3. The molecule has 1 aromatic heterocycles. The molecule has 1 heterocycles. The summed E-state index contributed by atoms with van der Waals surface area (Å²) < 4.78 is 13.2. The Morgan fingerprint density at radius 2 is 2.36 bits per heavy atom. The van der Waals surface area contributed by atoms with Crippen molar-refractivity contribution in [2.45, 2.75) is 13.0 Å². The smallest absolute Gasteiger partial charge is 0.326 e. The largest absolute Gasteiger partial charge is 0.480 e. The molecule has 0 spiro atoms. The van der Waals surface area contributed by atoms with E-state index >= 15 is 0 Å². The van der Waals surface area contributed by atoms with Crippen LogP contribution >= 0.6 is 0 Å². The fraction of sp³-hybridized carbons (Fsp3) is 0.333. The summed E-state index contributed by atoms with van der Waals surface area (Å²) in [6.45, 7) is 1.47. The third-order valence-electron chi connectivity index (χ3n) is 2.01. The zero-order chi connectivity index (χ0) is 10.7. The van der Waals surface area contributed by atoms with Gasteiger partial charge in [0.2, 0.25) is 0 Å². The van der Waals surface area contributed by atoms with E-state index in [1.165, 1.54) is 37.2 Å². The number of aliphatic carboxylic acids is 1. The topological polar surface area (TPSA) is 53.4 Å². The van der Waals surface area contributed by atoms with Crippen LogP contribution in [0.5, 0.6) is 0 Å². The second-order valence-corrected chi connectivity index (χ2v) is 2.93. The van der Waals surface area contributed by atoms with Gasteiger partial charge in [0, 0.05) is 13.2 Å². The molecule has 1 rings (SSSR count).